The molecule has 6 heteroatoms. The molecule has 0 aromatic heterocycles. The number of nitrogens with two attached hydrogens (primary N) is 1. The minimum Gasteiger partial charge on any atom is -0.491 e. The van der Waals surface area contributed by atoms with Crippen molar-refractivity contribution in [2.75, 3.05) is 6.61 Å². The Morgan fingerprint density at radius 3 is 2.74 bits per heavy atom. The Hall–Kier alpha value is -2.34. The van der Waals surface area contributed by atoms with Crippen molar-refractivity contribution >= 4 is 23.1 Å². The molecule has 0 unspecified atom stereocenters. The van der Waals surface area contributed by atoms with E-state index in [2.05, 4.69) is 10.2 Å². The summed E-state index contributed by atoms with van der Waals surface area (Å²) in [6.07, 6.45) is 1.45. The van der Waals surface area contributed by atoms with E-state index >= 15 is 0 Å². The Balaban J connectivity index is 1.90. The number of benzene rings is 2. The molecule has 2 rings (SSSR count). The van der Waals surface area contributed by atoms with Gasteiger partial charge >= 0.3 is 0 Å². The number of halogens is 1. The summed E-state index contributed by atoms with van der Waals surface area (Å²) in [6.45, 7) is 2.23. The molecule has 0 aliphatic heterocycles. The predicted molar refractivity (Wildman–Crippen MR) is 94.5 cm³/mol. The molecule has 2 aromatic rings. The summed E-state index contributed by atoms with van der Waals surface area (Å²) >= 11 is 1.40. The second-order valence-corrected chi connectivity index (χ2v) is 5.58. The molecule has 0 fully saturated rings. The molecular formula is C17H18FN3OS. The van der Waals surface area contributed by atoms with E-state index in [1.807, 2.05) is 30.3 Å². The molecule has 23 heavy (non-hydrogen) atoms. The Kier molecular flexibility index (Phi) is 6.62. The van der Waals surface area contributed by atoms with Crippen LogP contribution in [0.2, 0.25) is 0 Å². The zero-order valence-electron chi connectivity index (χ0n) is 12.8. The minimum absolute atomic E-state index is 0.228. The topological polar surface area (TPSA) is 60.0 Å². The number of rotatable bonds is 6. The van der Waals surface area contributed by atoms with Crippen molar-refractivity contribution in [1.82, 2.24) is 0 Å². The van der Waals surface area contributed by atoms with Crippen molar-refractivity contribution in [3.05, 3.63) is 65.5 Å². The molecule has 2 N–H and O–H groups in total. The number of ether oxygens (including phenoxy) is 1. The molecule has 0 saturated heterocycles. The summed E-state index contributed by atoms with van der Waals surface area (Å²) in [5.41, 5.74) is 7.54. The highest BCUT2D eigenvalue weighted by atomic mass is 32.2. The molecule has 0 radical (unpaired) electrons. The number of nitrogens with zero attached hydrogens (tertiary/aromatic N) is 2. The van der Waals surface area contributed by atoms with Gasteiger partial charge in [0.2, 0.25) is 0 Å². The molecule has 0 amide bonds. The van der Waals surface area contributed by atoms with Crippen LogP contribution in [-0.2, 0) is 5.75 Å². The summed E-state index contributed by atoms with van der Waals surface area (Å²) in [4.78, 5) is 0. The quantitative estimate of drug-likeness (QED) is 0.497. The average Bonchev–Trinajstić information content (AvgIpc) is 2.56. The third-order valence-electron chi connectivity index (χ3n) is 2.85. The lowest BCUT2D eigenvalue weighted by atomic mass is 10.2. The largest absolute Gasteiger partial charge is 0.491 e. The second-order valence-electron chi connectivity index (χ2n) is 4.58. The molecule has 0 spiro atoms. The summed E-state index contributed by atoms with van der Waals surface area (Å²) in [7, 11) is 0. The normalized spacial score (nSPS) is 11.8. The van der Waals surface area contributed by atoms with Gasteiger partial charge in [-0.15, -0.1) is 5.10 Å². The van der Waals surface area contributed by atoms with Gasteiger partial charge in [0.15, 0.2) is 16.7 Å². The van der Waals surface area contributed by atoms with Crippen LogP contribution >= 0.6 is 11.8 Å². The molecule has 0 heterocycles. The van der Waals surface area contributed by atoms with Crippen molar-refractivity contribution < 1.29 is 9.13 Å². The average molecular weight is 331 g/mol. The minimum atomic E-state index is -0.425. The van der Waals surface area contributed by atoms with Gasteiger partial charge in [-0.2, -0.15) is 5.10 Å². The lowest BCUT2D eigenvalue weighted by Crippen LogP contribution is -2.06. The Morgan fingerprint density at radius 2 is 2.04 bits per heavy atom. The molecule has 4 nitrogen and oxygen atoms in total. The lowest BCUT2D eigenvalue weighted by molar-refractivity contribution is 0.321. The third-order valence-corrected chi connectivity index (χ3v) is 3.70. The summed E-state index contributed by atoms with van der Waals surface area (Å²) in [5, 5.41) is 8.13. The SMILES string of the molecule is CCOc1ccc(C=NN=C(N)SCc2ccccc2)cc1F. The van der Waals surface area contributed by atoms with Gasteiger partial charge in [-0.3, -0.25) is 0 Å². The highest BCUT2D eigenvalue weighted by Gasteiger charge is 2.02. The van der Waals surface area contributed by atoms with Crippen molar-refractivity contribution in [3.8, 4) is 5.75 Å². The Morgan fingerprint density at radius 1 is 1.26 bits per heavy atom. The Labute approximate surface area is 139 Å². The highest BCUT2D eigenvalue weighted by Crippen LogP contribution is 2.17. The standard InChI is InChI=1S/C17H18FN3OS/c1-2-22-16-9-8-14(10-15(16)18)11-20-21-17(19)23-12-13-6-4-3-5-7-13/h3-11H,2,12H2,1H3,(H2,19,21). The van der Waals surface area contributed by atoms with Crippen molar-refractivity contribution in [3.63, 3.8) is 0 Å². The molecule has 0 saturated carbocycles. The summed E-state index contributed by atoms with van der Waals surface area (Å²) < 4.78 is 18.8. The summed E-state index contributed by atoms with van der Waals surface area (Å²) in [6, 6.07) is 14.6. The molecule has 0 bridgehead atoms. The van der Waals surface area contributed by atoms with Gasteiger partial charge in [0.25, 0.3) is 0 Å². The molecular weight excluding hydrogens is 313 g/mol. The van der Waals surface area contributed by atoms with Gasteiger partial charge in [0.1, 0.15) is 0 Å². The third kappa shape index (κ3) is 5.75. The fourth-order valence-electron chi connectivity index (χ4n) is 1.78. The molecule has 0 atom stereocenters. The van der Waals surface area contributed by atoms with Crippen molar-refractivity contribution in [2.24, 2.45) is 15.9 Å². The first kappa shape index (κ1) is 17.0. The van der Waals surface area contributed by atoms with Crippen LogP contribution < -0.4 is 10.5 Å². The van der Waals surface area contributed by atoms with Crippen molar-refractivity contribution in [2.45, 2.75) is 12.7 Å². The maximum absolute atomic E-state index is 13.7. The molecule has 120 valence electrons. The van der Waals surface area contributed by atoms with E-state index in [4.69, 9.17) is 10.5 Å². The van der Waals surface area contributed by atoms with Gasteiger partial charge in [-0.1, -0.05) is 42.1 Å². The van der Waals surface area contributed by atoms with Gasteiger partial charge < -0.3 is 10.5 Å². The van der Waals surface area contributed by atoms with Gasteiger partial charge in [-0.25, -0.2) is 4.39 Å². The van der Waals surface area contributed by atoms with E-state index in [0.29, 0.717) is 17.3 Å². The van der Waals surface area contributed by atoms with Crippen LogP contribution in [0.1, 0.15) is 18.1 Å². The van der Waals surface area contributed by atoms with Crippen LogP contribution in [0, 0.1) is 5.82 Å². The second kappa shape index (κ2) is 8.95. The zero-order chi connectivity index (χ0) is 16.5. The maximum Gasteiger partial charge on any atom is 0.180 e. The van der Waals surface area contributed by atoms with Crippen molar-refractivity contribution in [1.29, 1.82) is 0 Å². The highest BCUT2D eigenvalue weighted by molar-refractivity contribution is 8.13. The number of hydrogen-bond donors (Lipinski definition) is 1. The molecule has 0 aliphatic rings. The fraction of sp³-hybridized carbons (Fsp3) is 0.176. The predicted octanol–water partition coefficient (Wildman–Crippen LogP) is 3.81. The van der Waals surface area contributed by atoms with Crippen LogP contribution in [0.5, 0.6) is 5.75 Å². The van der Waals surface area contributed by atoms with E-state index in [-0.39, 0.29) is 5.75 Å². The van der Waals surface area contributed by atoms with Crippen LogP contribution in [0.15, 0.2) is 58.7 Å². The Bertz CT molecular complexity index is 689. The monoisotopic (exact) mass is 331 g/mol. The van der Waals surface area contributed by atoms with Crippen LogP contribution in [-0.4, -0.2) is 18.0 Å². The molecule has 2 aromatic carbocycles. The first-order valence-electron chi connectivity index (χ1n) is 7.14. The number of thioether (sulfide) groups is 1. The number of amidine groups is 1. The van der Waals surface area contributed by atoms with Gasteiger partial charge in [0.05, 0.1) is 12.8 Å². The lowest BCUT2D eigenvalue weighted by Gasteiger charge is -2.04. The van der Waals surface area contributed by atoms with Gasteiger partial charge in [-0.05, 0) is 36.2 Å². The fourth-order valence-corrected chi connectivity index (χ4v) is 2.39. The van der Waals surface area contributed by atoms with Crippen LogP contribution in [0.4, 0.5) is 4.39 Å². The zero-order valence-corrected chi connectivity index (χ0v) is 13.6. The molecule has 0 aliphatic carbocycles. The van der Waals surface area contributed by atoms with E-state index < -0.39 is 5.82 Å². The van der Waals surface area contributed by atoms with E-state index in [0.717, 1.165) is 11.3 Å². The number of hydrogen-bond acceptors (Lipinski definition) is 4. The summed E-state index contributed by atoms with van der Waals surface area (Å²) in [5.74, 6) is 0.529. The van der Waals surface area contributed by atoms with Gasteiger partial charge in [0, 0.05) is 5.75 Å². The maximum atomic E-state index is 13.7. The van der Waals surface area contributed by atoms with E-state index in [9.17, 15) is 4.39 Å². The smallest absolute Gasteiger partial charge is 0.180 e. The van der Waals surface area contributed by atoms with Crippen LogP contribution in [0.25, 0.3) is 0 Å². The van der Waals surface area contributed by atoms with E-state index in [1.54, 1.807) is 19.1 Å². The first-order valence-corrected chi connectivity index (χ1v) is 8.13. The van der Waals surface area contributed by atoms with E-state index in [1.165, 1.54) is 24.0 Å². The first-order chi connectivity index (χ1) is 11.2. The van der Waals surface area contributed by atoms with Crippen LogP contribution in [0.3, 0.4) is 0 Å².